The fraction of sp³-hybridized carbons (Fsp3) is 0.600. The molecule has 0 aliphatic heterocycles. The molecule has 0 bridgehead atoms. The summed E-state index contributed by atoms with van der Waals surface area (Å²) in [5.74, 6) is 0.934. The molecule has 0 spiro atoms. The Hall–Kier alpha value is -1.12. The Bertz CT molecular complexity index is 248. The maximum Gasteiger partial charge on any atom is 0.129 e. The number of nitrogens with zero attached hydrogens (tertiary/aromatic N) is 2. The third-order valence-electron chi connectivity index (χ3n) is 1.89. The molecule has 0 saturated carbocycles. The van der Waals surface area contributed by atoms with Gasteiger partial charge in [0.05, 0.1) is 0 Å². The molecule has 0 unspecified atom stereocenters. The summed E-state index contributed by atoms with van der Waals surface area (Å²) in [6, 6.07) is 1.96. The van der Waals surface area contributed by atoms with Crippen molar-refractivity contribution in [3.8, 4) is 0 Å². The van der Waals surface area contributed by atoms with Crippen LogP contribution in [-0.4, -0.2) is 16.5 Å². The van der Waals surface area contributed by atoms with Crippen molar-refractivity contribution < 1.29 is 0 Å². The van der Waals surface area contributed by atoms with Gasteiger partial charge in [0.25, 0.3) is 0 Å². The molecule has 3 nitrogen and oxygen atoms in total. The van der Waals surface area contributed by atoms with Crippen LogP contribution in [0, 0.1) is 6.92 Å². The number of hydrogen-bond donors (Lipinski definition) is 1. The molecule has 72 valence electrons. The van der Waals surface area contributed by atoms with Crippen molar-refractivity contribution in [1.29, 1.82) is 0 Å². The van der Waals surface area contributed by atoms with Crippen LogP contribution in [0.1, 0.15) is 31.9 Å². The first-order chi connectivity index (χ1) is 6.33. The average Bonchev–Trinajstić information content (AvgIpc) is 2.13. The van der Waals surface area contributed by atoms with Gasteiger partial charge in [0.15, 0.2) is 0 Å². The maximum absolute atomic E-state index is 4.11. The highest BCUT2D eigenvalue weighted by Gasteiger charge is 1.93. The number of hydrogen-bond acceptors (Lipinski definition) is 3. The molecular formula is C10H17N3. The van der Waals surface area contributed by atoms with E-state index in [1.165, 1.54) is 19.3 Å². The van der Waals surface area contributed by atoms with Crippen LogP contribution < -0.4 is 5.32 Å². The van der Waals surface area contributed by atoms with E-state index in [-0.39, 0.29) is 0 Å². The fourth-order valence-corrected chi connectivity index (χ4v) is 1.14. The van der Waals surface area contributed by atoms with Gasteiger partial charge in [0.1, 0.15) is 12.1 Å². The Balaban J connectivity index is 2.28. The highest BCUT2D eigenvalue weighted by Crippen LogP contribution is 2.03. The van der Waals surface area contributed by atoms with Crippen molar-refractivity contribution in [2.75, 3.05) is 11.9 Å². The third-order valence-corrected chi connectivity index (χ3v) is 1.89. The molecule has 3 heteroatoms. The van der Waals surface area contributed by atoms with Gasteiger partial charge in [-0.15, -0.1) is 0 Å². The predicted molar refractivity (Wildman–Crippen MR) is 54.8 cm³/mol. The molecule has 0 aromatic carbocycles. The molecule has 0 aliphatic carbocycles. The van der Waals surface area contributed by atoms with Gasteiger partial charge in [-0.25, -0.2) is 9.97 Å². The summed E-state index contributed by atoms with van der Waals surface area (Å²) in [5.41, 5.74) is 1.01. The minimum absolute atomic E-state index is 0.934. The van der Waals surface area contributed by atoms with Crippen LogP contribution in [-0.2, 0) is 0 Å². The van der Waals surface area contributed by atoms with Gasteiger partial charge in [-0.05, 0) is 13.3 Å². The number of anilines is 1. The van der Waals surface area contributed by atoms with Crippen LogP contribution in [0.2, 0.25) is 0 Å². The van der Waals surface area contributed by atoms with Gasteiger partial charge in [-0.2, -0.15) is 0 Å². The summed E-state index contributed by atoms with van der Waals surface area (Å²) in [5, 5.41) is 3.27. The lowest BCUT2D eigenvalue weighted by Crippen LogP contribution is -2.03. The third kappa shape index (κ3) is 3.87. The van der Waals surface area contributed by atoms with Crippen molar-refractivity contribution in [2.24, 2.45) is 0 Å². The Morgan fingerprint density at radius 3 is 2.85 bits per heavy atom. The van der Waals surface area contributed by atoms with E-state index in [0.29, 0.717) is 0 Å². The molecule has 0 fully saturated rings. The molecule has 1 aromatic heterocycles. The largest absolute Gasteiger partial charge is 0.370 e. The molecule has 0 amide bonds. The van der Waals surface area contributed by atoms with Gasteiger partial charge in [0, 0.05) is 18.3 Å². The molecule has 1 heterocycles. The molecule has 1 rings (SSSR count). The number of aryl methyl sites for hydroxylation is 1. The molecular weight excluding hydrogens is 162 g/mol. The zero-order valence-electron chi connectivity index (χ0n) is 8.38. The molecule has 0 saturated heterocycles. The first-order valence-electron chi connectivity index (χ1n) is 4.85. The Kier molecular flexibility index (Phi) is 4.23. The molecule has 1 aromatic rings. The zero-order chi connectivity index (χ0) is 9.52. The van der Waals surface area contributed by atoms with Crippen molar-refractivity contribution in [1.82, 2.24) is 9.97 Å². The second-order valence-corrected chi connectivity index (χ2v) is 3.18. The zero-order valence-corrected chi connectivity index (χ0v) is 8.38. The summed E-state index contributed by atoms with van der Waals surface area (Å²) in [7, 11) is 0. The minimum atomic E-state index is 0.934. The first kappa shape index (κ1) is 9.96. The predicted octanol–water partition coefficient (Wildman–Crippen LogP) is 2.39. The average molecular weight is 179 g/mol. The lowest BCUT2D eigenvalue weighted by atomic mass is 10.2. The van der Waals surface area contributed by atoms with E-state index in [2.05, 4.69) is 22.2 Å². The van der Waals surface area contributed by atoms with Gasteiger partial charge < -0.3 is 5.32 Å². The van der Waals surface area contributed by atoms with E-state index < -0.39 is 0 Å². The summed E-state index contributed by atoms with van der Waals surface area (Å²) in [6.45, 7) is 5.18. The van der Waals surface area contributed by atoms with Crippen LogP contribution in [0.5, 0.6) is 0 Å². The Morgan fingerprint density at radius 1 is 1.31 bits per heavy atom. The van der Waals surface area contributed by atoms with Gasteiger partial charge >= 0.3 is 0 Å². The summed E-state index contributed by atoms with van der Waals surface area (Å²) >= 11 is 0. The lowest BCUT2D eigenvalue weighted by molar-refractivity contribution is 0.742. The fourth-order valence-electron chi connectivity index (χ4n) is 1.14. The lowest BCUT2D eigenvalue weighted by Gasteiger charge is -2.04. The van der Waals surface area contributed by atoms with E-state index in [4.69, 9.17) is 0 Å². The number of aromatic nitrogens is 2. The number of unbranched alkanes of at least 4 members (excludes halogenated alkanes) is 2. The SMILES string of the molecule is CCCCCNc1cc(C)ncn1. The molecule has 13 heavy (non-hydrogen) atoms. The van der Waals surface area contributed by atoms with E-state index in [1.807, 2.05) is 13.0 Å². The quantitative estimate of drug-likeness (QED) is 0.705. The Morgan fingerprint density at radius 2 is 2.15 bits per heavy atom. The van der Waals surface area contributed by atoms with Crippen LogP contribution in [0.4, 0.5) is 5.82 Å². The van der Waals surface area contributed by atoms with Crippen molar-refractivity contribution >= 4 is 5.82 Å². The minimum Gasteiger partial charge on any atom is -0.370 e. The van der Waals surface area contributed by atoms with Gasteiger partial charge in [-0.3, -0.25) is 0 Å². The topological polar surface area (TPSA) is 37.8 Å². The van der Waals surface area contributed by atoms with E-state index in [1.54, 1.807) is 6.33 Å². The van der Waals surface area contributed by atoms with E-state index >= 15 is 0 Å². The Labute approximate surface area is 79.6 Å². The number of rotatable bonds is 5. The smallest absolute Gasteiger partial charge is 0.129 e. The molecule has 0 aliphatic rings. The normalized spacial score (nSPS) is 10.0. The van der Waals surface area contributed by atoms with Crippen molar-refractivity contribution in [3.05, 3.63) is 18.1 Å². The maximum atomic E-state index is 4.11. The second-order valence-electron chi connectivity index (χ2n) is 3.18. The number of nitrogens with one attached hydrogen (secondary N) is 1. The first-order valence-corrected chi connectivity index (χ1v) is 4.85. The van der Waals surface area contributed by atoms with Crippen LogP contribution in [0.3, 0.4) is 0 Å². The highest BCUT2D eigenvalue weighted by atomic mass is 15.0. The molecule has 0 atom stereocenters. The molecule has 0 radical (unpaired) electrons. The van der Waals surface area contributed by atoms with Crippen molar-refractivity contribution in [3.63, 3.8) is 0 Å². The highest BCUT2D eigenvalue weighted by molar-refractivity contribution is 5.33. The van der Waals surface area contributed by atoms with Crippen LogP contribution in [0.15, 0.2) is 12.4 Å². The van der Waals surface area contributed by atoms with Gasteiger partial charge in [0.2, 0.25) is 0 Å². The van der Waals surface area contributed by atoms with Crippen LogP contribution >= 0.6 is 0 Å². The molecule has 1 N–H and O–H groups in total. The summed E-state index contributed by atoms with van der Waals surface area (Å²) in [6.07, 6.45) is 5.33. The standard InChI is InChI=1S/C10H17N3/c1-3-4-5-6-11-10-7-9(2)12-8-13-10/h7-8H,3-6H2,1-2H3,(H,11,12,13). The van der Waals surface area contributed by atoms with Crippen molar-refractivity contribution in [2.45, 2.75) is 33.1 Å². The summed E-state index contributed by atoms with van der Waals surface area (Å²) in [4.78, 5) is 8.15. The van der Waals surface area contributed by atoms with E-state index in [0.717, 1.165) is 18.1 Å². The summed E-state index contributed by atoms with van der Waals surface area (Å²) < 4.78 is 0. The van der Waals surface area contributed by atoms with Gasteiger partial charge in [-0.1, -0.05) is 19.8 Å². The van der Waals surface area contributed by atoms with E-state index in [9.17, 15) is 0 Å². The monoisotopic (exact) mass is 179 g/mol. The van der Waals surface area contributed by atoms with Crippen LogP contribution in [0.25, 0.3) is 0 Å². The second kappa shape index (κ2) is 5.51.